The Hall–Kier alpha value is -1.61. The molecule has 3 amide bonds. The van der Waals surface area contributed by atoms with Gasteiger partial charge in [-0.15, -0.1) is 0 Å². The van der Waals surface area contributed by atoms with Crippen LogP contribution in [0.25, 0.3) is 0 Å². The molecular weight excluding hydrogens is 244 g/mol. The fraction of sp³-hybridized carbons (Fsp3) is 0.769. The maximum atomic E-state index is 11.3. The topological polar surface area (TPSA) is 85.2 Å². The molecular formula is C13H24N4O2. The summed E-state index contributed by atoms with van der Waals surface area (Å²) in [4.78, 5) is 24.5. The SMILES string of the molecule is CC.CN1CCCC(CNC(=O)NC(=O)CC#N)C1. The summed E-state index contributed by atoms with van der Waals surface area (Å²) in [5.74, 6) is -0.128. The van der Waals surface area contributed by atoms with Gasteiger partial charge in [-0.3, -0.25) is 10.1 Å². The number of hydrogen-bond donors (Lipinski definition) is 2. The Kier molecular flexibility index (Phi) is 9.45. The summed E-state index contributed by atoms with van der Waals surface area (Å²) in [6.07, 6.45) is 1.94. The molecule has 1 fully saturated rings. The molecule has 0 aliphatic carbocycles. The van der Waals surface area contributed by atoms with Gasteiger partial charge in [0.05, 0.1) is 6.07 Å². The standard InChI is InChI=1S/C11H18N4O2.C2H6/c1-15-6-2-3-9(8-15)7-13-11(17)14-10(16)4-5-12;1-2/h9H,2-4,6-8H2,1H3,(H2,13,14,16,17);1-2H3. The van der Waals surface area contributed by atoms with Crippen LogP contribution < -0.4 is 10.6 Å². The second kappa shape index (κ2) is 10.3. The Bertz CT molecular complexity index is 325. The minimum atomic E-state index is -0.564. The van der Waals surface area contributed by atoms with E-state index in [0.29, 0.717) is 12.5 Å². The van der Waals surface area contributed by atoms with Gasteiger partial charge in [0.1, 0.15) is 6.42 Å². The first-order valence-corrected chi connectivity index (χ1v) is 6.75. The highest BCUT2D eigenvalue weighted by Gasteiger charge is 2.17. The quantitative estimate of drug-likeness (QED) is 0.802. The third-order valence-electron chi connectivity index (χ3n) is 2.77. The van der Waals surface area contributed by atoms with E-state index in [2.05, 4.69) is 22.6 Å². The largest absolute Gasteiger partial charge is 0.337 e. The van der Waals surface area contributed by atoms with E-state index in [-0.39, 0.29) is 6.42 Å². The fourth-order valence-corrected chi connectivity index (χ4v) is 1.96. The minimum Gasteiger partial charge on any atom is -0.337 e. The van der Waals surface area contributed by atoms with E-state index in [1.54, 1.807) is 6.07 Å². The molecule has 1 aliphatic rings. The van der Waals surface area contributed by atoms with Gasteiger partial charge in [-0.1, -0.05) is 13.8 Å². The number of carbonyl (C=O) groups excluding carboxylic acids is 2. The first kappa shape index (κ1) is 17.4. The highest BCUT2D eigenvalue weighted by atomic mass is 16.2. The summed E-state index contributed by atoms with van der Waals surface area (Å²) in [6, 6.07) is 1.17. The van der Waals surface area contributed by atoms with Crippen LogP contribution in [0.1, 0.15) is 33.1 Å². The Balaban J connectivity index is 0.00000154. The van der Waals surface area contributed by atoms with Crippen molar-refractivity contribution in [2.75, 3.05) is 26.7 Å². The molecule has 1 aliphatic heterocycles. The maximum absolute atomic E-state index is 11.3. The average Bonchev–Trinajstić information content (AvgIpc) is 2.39. The third kappa shape index (κ3) is 8.16. The normalized spacial score (nSPS) is 18.5. The van der Waals surface area contributed by atoms with Crippen LogP contribution in [0.15, 0.2) is 0 Å². The van der Waals surface area contributed by atoms with Crippen LogP contribution in [-0.4, -0.2) is 43.5 Å². The van der Waals surface area contributed by atoms with Gasteiger partial charge in [0.2, 0.25) is 5.91 Å². The Labute approximate surface area is 115 Å². The number of carbonyl (C=O) groups is 2. The van der Waals surface area contributed by atoms with E-state index in [1.807, 2.05) is 13.8 Å². The van der Waals surface area contributed by atoms with Crippen LogP contribution in [0.3, 0.4) is 0 Å². The predicted molar refractivity (Wildman–Crippen MR) is 73.3 cm³/mol. The smallest absolute Gasteiger partial charge is 0.321 e. The summed E-state index contributed by atoms with van der Waals surface area (Å²) < 4.78 is 0. The predicted octanol–water partition coefficient (Wildman–Crippen LogP) is 1.09. The lowest BCUT2D eigenvalue weighted by Gasteiger charge is -2.29. The lowest BCUT2D eigenvalue weighted by Crippen LogP contribution is -2.44. The van der Waals surface area contributed by atoms with E-state index in [0.717, 1.165) is 25.9 Å². The van der Waals surface area contributed by atoms with E-state index in [1.165, 1.54) is 0 Å². The molecule has 0 aromatic carbocycles. The van der Waals surface area contributed by atoms with Crippen LogP contribution in [-0.2, 0) is 4.79 Å². The van der Waals surface area contributed by atoms with E-state index >= 15 is 0 Å². The molecule has 1 rings (SSSR count). The van der Waals surface area contributed by atoms with Gasteiger partial charge in [-0.05, 0) is 32.4 Å². The first-order valence-electron chi connectivity index (χ1n) is 6.75. The van der Waals surface area contributed by atoms with Crippen molar-refractivity contribution >= 4 is 11.9 Å². The summed E-state index contributed by atoms with van der Waals surface area (Å²) in [5, 5.41) is 13.0. The van der Waals surface area contributed by atoms with Gasteiger partial charge in [-0.2, -0.15) is 5.26 Å². The van der Waals surface area contributed by atoms with Gasteiger partial charge in [-0.25, -0.2) is 4.79 Å². The molecule has 0 bridgehead atoms. The molecule has 108 valence electrons. The molecule has 1 atom stereocenters. The molecule has 6 nitrogen and oxygen atoms in total. The van der Waals surface area contributed by atoms with Crippen molar-refractivity contribution in [2.24, 2.45) is 5.92 Å². The monoisotopic (exact) mass is 268 g/mol. The molecule has 0 spiro atoms. The molecule has 1 heterocycles. The zero-order chi connectivity index (χ0) is 14.7. The molecule has 6 heteroatoms. The second-order valence-electron chi connectivity index (χ2n) is 4.36. The molecule has 19 heavy (non-hydrogen) atoms. The molecule has 1 saturated heterocycles. The minimum absolute atomic E-state index is 0.292. The Morgan fingerprint density at radius 2 is 2.11 bits per heavy atom. The van der Waals surface area contributed by atoms with Crippen molar-refractivity contribution in [3.05, 3.63) is 0 Å². The zero-order valence-corrected chi connectivity index (χ0v) is 12.0. The van der Waals surface area contributed by atoms with Gasteiger partial charge in [0, 0.05) is 13.1 Å². The van der Waals surface area contributed by atoms with E-state index in [4.69, 9.17) is 5.26 Å². The molecule has 0 aromatic heterocycles. The van der Waals surface area contributed by atoms with Crippen molar-refractivity contribution in [3.8, 4) is 6.07 Å². The number of nitriles is 1. The average molecular weight is 268 g/mol. The summed E-state index contributed by atoms with van der Waals surface area (Å²) >= 11 is 0. The van der Waals surface area contributed by atoms with Gasteiger partial charge >= 0.3 is 6.03 Å². The van der Waals surface area contributed by atoms with Crippen molar-refractivity contribution < 1.29 is 9.59 Å². The zero-order valence-electron chi connectivity index (χ0n) is 12.0. The Morgan fingerprint density at radius 3 is 2.68 bits per heavy atom. The first-order chi connectivity index (χ1) is 9.11. The fourth-order valence-electron chi connectivity index (χ4n) is 1.96. The number of hydrogen-bond acceptors (Lipinski definition) is 4. The highest BCUT2D eigenvalue weighted by molar-refractivity contribution is 5.95. The molecule has 0 saturated carbocycles. The summed E-state index contributed by atoms with van der Waals surface area (Å²) in [6.45, 7) is 6.63. The van der Waals surface area contributed by atoms with Crippen molar-refractivity contribution in [1.29, 1.82) is 5.26 Å². The number of piperidine rings is 1. The molecule has 2 N–H and O–H groups in total. The van der Waals surface area contributed by atoms with Crippen LogP contribution in [0, 0.1) is 17.2 Å². The van der Waals surface area contributed by atoms with Crippen molar-refractivity contribution in [1.82, 2.24) is 15.5 Å². The van der Waals surface area contributed by atoms with Crippen molar-refractivity contribution in [2.45, 2.75) is 33.1 Å². The van der Waals surface area contributed by atoms with Crippen LogP contribution >= 0.6 is 0 Å². The summed E-state index contributed by atoms with van der Waals surface area (Å²) in [7, 11) is 2.06. The molecule has 0 radical (unpaired) electrons. The number of likely N-dealkylation sites (tertiary alicyclic amines) is 1. The van der Waals surface area contributed by atoms with Crippen LogP contribution in [0.2, 0.25) is 0 Å². The van der Waals surface area contributed by atoms with Crippen molar-refractivity contribution in [3.63, 3.8) is 0 Å². The number of amides is 3. The number of urea groups is 1. The lowest BCUT2D eigenvalue weighted by molar-refractivity contribution is -0.119. The highest BCUT2D eigenvalue weighted by Crippen LogP contribution is 2.13. The maximum Gasteiger partial charge on any atom is 0.321 e. The molecule has 1 unspecified atom stereocenters. The number of nitrogens with one attached hydrogen (secondary N) is 2. The second-order valence-corrected chi connectivity index (χ2v) is 4.36. The van der Waals surface area contributed by atoms with E-state index < -0.39 is 11.9 Å². The van der Waals surface area contributed by atoms with Gasteiger partial charge < -0.3 is 10.2 Å². The van der Waals surface area contributed by atoms with Crippen LogP contribution in [0.5, 0.6) is 0 Å². The lowest BCUT2D eigenvalue weighted by atomic mass is 9.99. The summed E-state index contributed by atoms with van der Waals surface area (Å²) in [5.41, 5.74) is 0. The van der Waals surface area contributed by atoms with Gasteiger partial charge in [0.15, 0.2) is 0 Å². The number of imide groups is 1. The number of rotatable bonds is 3. The van der Waals surface area contributed by atoms with Crippen LogP contribution in [0.4, 0.5) is 4.79 Å². The Morgan fingerprint density at radius 1 is 1.42 bits per heavy atom. The third-order valence-corrected chi connectivity index (χ3v) is 2.77. The van der Waals surface area contributed by atoms with E-state index in [9.17, 15) is 9.59 Å². The number of nitrogens with zero attached hydrogens (tertiary/aromatic N) is 2. The molecule has 0 aromatic rings. The van der Waals surface area contributed by atoms with Gasteiger partial charge in [0.25, 0.3) is 0 Å².